The van der Waals surface area contributed by atoms with Gasteiger partial charge in [0, 0.05) is 18.0 Å². The van der Waals surface area contributed by atoms with E-state index < -0.39 is 11.4 Å². The van der Waals surface area contributed by atoms with Crippen LogP contribution >= 0.6 is 11.8 Å². The van der Waals surface area contributed by atoms with Gasteiger partial charge in [-0.1, -0.05) is 19.1 Å². The van der Waals surface area contributed by atoms with Gasteiger partial charge in [0.2, 0.25) is 0 Å². The highest BCUT2D eigenvalue weighted by atomic mass is 32.2. The van der Waals surface area contributed by atoms with Crippen molar-refractivity contribution < 1.29 is 14.7 Å². The number of hydrogen-bond donors (Lipinski definition) is 2. The molecule has 2 N–H and O–H groups in total. The molecule has 2 rings (SSSR count). The quantitative estimate of drug-likeness (QED) is 0.838. The first-order valence-corrected chi connectivity index (χ1v) is 8.17. The third-order valence-corrected chi connectivity index (χ3v) is 4.92. The molecule has 0 aliphatic carbocycles. The van der Waals surface area contributed by atoms with Crippen LogP contribution in [0.1, 0.15) is 19.8 Å². The second-order valence-corrected chi connectivity index (χ2v) is 6.09. The van der Waals surface area contributed by atoms with Crippen LogP contribution in [0.15, 0.2) is 29.2 Å². The van der Waals surface area contributed by atoms with Gasteiger partial charge < -0.3 is 15.3 Å². The zero-order valence-corrected chi connectivity index (χ0v) is 13.1. The number of aliphatic carboxylic acids is 1. The van der Waals surface area contributed by atoms with Crippen molar-refractivity contribution in [1.82, 2.24) is 4.90 Å². The molecule has 0 spiro atoms. The summed E-state index contributed by atoms with van der Waals surface area (Å²) >= 11 is 1.56. The zero-order chi connectivity index (χ0) is 15.5. The van der Waals surface area contributed by atoms with Crippen molar-refractivity contribution in [3.05, 3.63) is 24.3 Å². The lowest BCUT2D eigenvalue weighted by Gasteiger charge is -2.23. The lowest BCUT2D eigenvalue weighted by Crippen LogP contribution is -2.38. The summed E-state index contributed by atoms with van der Waals surface area (Å²) in [6.45, 7) is 2.61. The van der Waals surface area contributed by atoms with Gasteiger partial charge in [0.05, 0.1) is 11.1 Å². The van der Waals surface area contributed by atoms with Gasteiger partial charge in [-0.25, -0.2) is 4.79 Å². The van der Waals surface area contributed by atoms with Crippen molar-refractivity contribution in [3.63, 3.8) is 0 Å². The van der Waals surface area contributed by atoms with Crippen LogP contribution in [0.5, 0.6) is 0 Å². The Bertz CT molecular complexity index is 549. The molecule has 1 unspecified atom stereocenters. The number of carbonyl (C=O) groups is 2. The number of rotatable bonds is 4. The second-order valence-electron chi connectivity index (χ2n) is 5.24. The summed E-state index contributed by atoms with van der Waals surface area (Å²) in [6, 6.07) is 7.35. The van der Waals surface area contributed by atoms with Gasteiger partial charge in [-0.05, 0) is 31.2 Å². The number of hydrogen-bond acceptors (Lipinski definition) is 3. The van der Waals surface area contributed by atoms with Gasteiger partial charge in [-0.2, -0.15) is 0 Å². The number of para-hydroxylation sites is 1. The van der Waals surface area contributed by atoms with Crippen LogP contribution in [0.2, 0.25) is 0 Å². The lowest BCUT2D eigenvalue weighted by molar-refractivity contribution is -0.148. The maximum Gasteiger partial charge on any atom is 0.321 e. The molecule has 0 aromatic heterocycles. The Morgan fingerprint density at radius 1 is 1.43 bits per heavy atom. The predicted octanol–water partition coefficient (Wildman–Crippen LogP) is 3.13. The highest BCUT2D eigenvalue weighted by Crippen LogP contribution is 2.34. The third kappa shape index (κ3) is 3.15. The van der Waals surface area contributed by atoms with Crippen molar-refractivity contribution in [2.24, 2.45) is 5.41 Å². The fourth-order valence-corrected chi connectivity index (χ4v) is 3.16. The highest BCUT2D eigenvalue weighted by molar-refractivity contribution is 7.98. The fourth-order valence-electron chi connectivity index (χ4n) is 2.60. The second kappa shape index (κ2) is 6.39. The first kappa shape index (κ1) is 15.7. The normalized spacial score (nSPS) is 21.3. The average molecular weight is 308 g/mol. The van der Waals surface area contributed by atoms with E-state index in [1.165, 1.54) is 0 Å². The third-order valence-electron chi connectivity index (χ3n) is 4.12. The lowest BCUT2D eigenvalue weighted by atomic mass is 9.84. The first-order valence-electron chi connectivity index (χ1n) is 6.95. The van der Waals surface area contributed by atoms with Gasteiger partial charge in [0.15, 0.2) is 0 Å². The van der Waals surface area contributed by atoms with E-state index in [4.69, 9.17) is 0 Å². The molecule has 1 saturated heterocycles. The van der Waals surface area contributed by atoms with Crippen molar-refractivity contribution in [2.45, 2.75) is 24.7 Å². The van der Waals surface area contributed by atoms with E-state index in [0.29, 0.717) is 19.4 Å². The number of carboxylic acids is 1. The molecule has 21 heavy (non-hydrogen) atoms. The molecule has 1 heterocycles. The summed E-state index contributed by atoms with van der Waals surface area (Å²) in [5, 5.41) is 12.3. The SMILES string of the molecule is CCC1(C(=O)O)CCN(C(=O)Nc2ccccc2SC)C1. The van der Waals surface area contributed by atoms with Crippen LogP contribution in [-0.2, 0) is 4.79 Å². The molecule has 1 aliphatic rings. The Morgan fingerprint density at radius 3 is 2.71 bits per heavy atom. The number of amides is 2. The predicted molar refractivity (Wildman–Crippen MR) is 83.8 cm³/mol. The minimum atomic E-state index is -0.815. The van der Waals surface area contributed by atoms with Crippen LogP contribution in [0.25, 0.3) is 0 Å². The first-order chi connectivity index (χ1) is 10.0. The van der Waals surface area contributed by atoms with Crippen LogP contribution in [0.4, 0.5) is 10.5 Å². The number of nitrogens with one attached hydrogen (secondary N) is 1. The Hall–Kier alpha value is -1.69. The Morgan fingerprint density at radius 2 is 2.14 bits per heavy atom. The number of benzene rings is 1. The Balaban J connectivity index is 2.07. The van der Waals surface area contributed by atoms with E-state index in [1.807, 2.05) is 37.4 Å². The van der Waals surface area contributed by atoms with E-state index >= 15 is 0 Å². The maximum atomic E-state index is 12.3. The average Bonchev–Trinajstić information content (AvgIpc) is 2.94. The largest absolute Gasteiger partial charge is 0.481 e. The molecule has 0 radical (unpaired) electrons. The Labute approximate surface area is 128 Å². The van der Waals surface area contributed by atoms with Crippen molar-refractivity contribution in [1.29, 1.82) is 0 Å². The van der Waals surface area contributed by atoms with Crippen LogP contribution in [0.3, 0.4) is 0 Å². The standard InChI is InChI=1S/C15H20N2O3S/c1-3-15(13(18)19)8-9-17(10-15)14(20)16-11-6-4-5-7-12(11)21-2/h4-7H,3,8-10H2,1-2H3,(H,16,20)(H,18,19). The summed E-state index contributed by atoms with van der Waals surface area (Å²) in [5.41, 5.74) is -0.0320. The molecule has 1 fully saturated rings. The van der Waals surface area contributed by atoms with Crippen LogP contribution < -0.4 is 5.32 Å². The summed E-state index contributed by atoms with van der Waals surface area (Å²) in [6.07, 6.45) is 3.00. The van der Waals surface area contributed by atoms with E-state index in [-0.39, 0.29) is 12.6 Å². The van der Waals surface area contributed by atoms with Crippen molar-refractivity contribution in [3.8, 4) is 0 Å². The number of likely N-dealkylation sites (tertiary alicyclic amines) is 1. The summed E-state index contributed by atoms with van der Waals surface area (Å²) in [4.78, 5) is 26.3. The van der Waals surface area contributed by atoms with Gasteiger partial charge >= 0.3 is 12.0 Å². The number of thioether (sulfide) groups is 1. The highest BCUT2D eigenvalue weighted by Gasteiger charge is 2.44. The number of carboxylic acid groups (broad SMARTS) is 1. The van der Waals surface area contributed by atoms with Gasteiger partial charge in [-0.15, -0.1) is 11.8 Å². The smallest absolute Gasteiger partial charge is 0.321 e. The molecule has 2 amide bonds. The van der Waals surface area contributed by atoms with Gasteiger partial charge in [0.25, 0.3) is 0 Å². The molecule has 0 bridgehead atoms. The summed E-state index contributed by atoms with van der Waals surface area (Å²) in [7, 11) is 0. The molecular formula is C15H20N2O3S. The van der Waals surface area contributed by atoms with Crippen LogP contribution in [-0.4, -0.2) is 41.4 Å². The minimum absolute atomic E-state index is 0.229. The van der Waals surface area contributed by atoms with E-state index in [2.05, 4.69) is 5.32 Å². The van der Waals surface area contributed by atoms with Gasteiger partial charge in [0.1, 0.15) is 0 Å². The molecule has 1 aliphatic heterocycles. The van der Waals surface area contributed by atoms with Gasteiger partial charge in [-0.3, -0.25) is 4.79 Å². The molecule has 5 nitrogen and oxygen atoms in total. The number of anilines is 1. The molecule has 1 aromatic rings. The fraction of sp³-hybridized carbons (Fsp3) is 0.467. The van der Waals surface area contributed by atoms with Crippen LogP contribution in [0, 0.1) is 5.41 Å². The van der Waals surface area contributed by atoms with E-state index in [9.17, 15) is 14.7 Å². The number of nitrogens with zero attached hydrogens (tertiary/aromatic N) is 1. The molecule has 1 aromatic carbocycles. The number of urea groups is 1. The maximum absolute atomic E-state index is 12.3. The Kier molecular flexibility index (Phi) is 4.77. The summed E-state index contributed by atoms with van der Waals surface area (Å²) in [5.74, 6) is -0.815. The summed E-state index contributed by atoms with van der Waals surface area (Å²) < 4.78 is 0. The zero-order valence-electron chi connectivity index (χ0n) is 12.3. The molecule has 1 atom stereocenters. The van der Waals surface area contributed by atoms with Crippen molar-refractivity contribution in [2.75, 3.05) is 24.7 Å². The molecule has 6 heteroatoms. The monoisotopic (exact) mass is 308 g/mol. The molecular weight excluding hydrogens is 288 g/mol. The number of carbonyl (C=O) groups excluding carboxylic acids is 1. The topological polar surface area (TPSA) is 69.6 Å². The van der Waals surface area contributed by atoms with E-state index in [1.54, 1.807) is 16.7 Å². The van der Waals surface area contributed by atoms with E-state index in [0.717, 1.165) is 10.6 Å². The molecule has 114 valence electrons. The minimum Gasteiger partial charge on any atom is -0.481 e. The van der Waals surface area contributed by atoms with Crippen molar-refractivity contribution >= 4 is 29.4 Å². The molecule has 0 saturated carbocycles.